The van der Waals surface area contributed by atoms with Gasteiger partial charge in [-0.25, -0.2) is 4.79 Å². The van der Waals surface area contributed by atoms with Crippen LogP contribution < -0.4 is 15.0 Å². The molecule has 2 unspecified atom stereocenters. The van der Waals surface area contributed by atoms with E-state index in [1.54, 1.807) is 6.92 Å². The summed E-state index contributed by atoms with van der Waals surface area (Å²) in [7, 11) is 1.47. The lowest BCUT2D eigenvalue weighted by Gasteiger charge is -2.28. The van der Waals surface area contributed by atoms with E-state index in [0.29, 0.717) is 31.5 Å². The second kappa shape index (κ2) is 10.2. The smallest absolute Gasteiger partial charge is 0.335 e. The van der Waals surface area contributed by atoms with E-state index in [9.17, 15) is 4.79 Å². The number of hydrogen-bond donors (Lipinski definition) is 1. The molecule has 9 nitrogen and oxygen atoms in total. The number of hydrogen-bond acceptors (Lipinski definition) is 10. The summed E-state index contributed by atoms with van der Waals surface area (Å²) >= 11 is 1.10. The van der Waals surface area contributed by atoms with E-state index >= 15 is 0 Å². The third-order valence-corrected chi connectivity index (χ3v) is 4.49. The summed E-state index contributed by atoms with van der Waals surface area (Å²) in [6, 6.07) is 0. The van der Waals surface area contributed by atoms with Crippen molar-refractivity contribution in [3.63, 3.8) is 0 Å². The van der Waals surface area contributed by atoms with Crippen molar-refractivity contribution in [1.29, 1.82) is 0 Å². The van der Waals surface area contributed by atoms with Crippen LogP contribution in [0.3, 0.4) is 0 Å². The van der Waals surface area contributed by atoms with Crippen molar-refractivity contribution < 1.29 is 23.7 Å². The van der Waals surface area contributed by atoms with Crippen LogP contribution in [0.5, 0.6) is 5.88 Å². The minimum atomic E-state index is -0.632. The highest BCUT2D eigenvalue weighted by molar-refractivity contribution is 6.99. The summed E-state index contributed by atoms with van der Waals surface area (Å²) in [6.07, 6.45) is -1.11. The van der Waals surface area contributed by atoms with Crippen molar-refractivity contribution in [2.24, 2.45) is 0 Å². The Morgan fingerprint density at radius 3 is 2.67 bits per heavy atom. The molecule has 0 spiro atoms. The third kappa shape index (κ3) is 7.21. The van der Waals surface area contributed by atoms with E-state index in [-0.39, 0.29) is 12.1 Å². The molecule has 1 aliphatic rings. The summed E-state index contributed by atoms with van der Waals surface area (Å²) < 4.78 is 30.4. The molecule has 0 saturated carbocycles. The van der Waals surface area contributed by atoms with Crippen molar-refractivity contribution in [3.05, 3.63) is 0 Å². The lowest BCUT2D eigenvalue weighted by molar-refractivity contribution is -0.161. The molecule has 0 aliphatic carbocycles. The molecular formula is C17H30N4O5S. The fourth-order valence-electron chi connectivity index (χ4n) is 2.32. The monoisotopic (exact) mass is 402 g/mol. The number of morpholine rings is 1. The lowest BCUT2D eigenvalue weighted by atomic mass is 10.1. The average Bonchev–Trinajstić information content (AvgIpc) is 3.11. The first-order chi connectivity index (χ1) is 12.8. The van der Waals surface area contributed by atoms with Crippen LogP contribution in [0.1, 0.15) is 27.7 Å². The molecule has 0 radical (unpaired) electrons. The Morgan fingerprint density at radius 2 is 2.04 bits per heavy atom. The van der Waals surface area contributed by atoms with Gasteiger partial charge in [-0.3, -0.25) is 0 Å². The standard InChI is InChI=1S/C17H30N4O5S/c1-12(23-5)16(22)26-13(10-18-17(2,3)4)11-25-15-14(19-27-20-15)21-6-8-24-9-7-21/h12-13,18H,6-11H2,1-5H3. The van der Waals surface area contributed by atoms with Crippen LogP contribution in [0.2, 0.25) is 0 Å². The van der Waals surface area contributed by atoms with E-state index in [0.717, 1.165) is 24.8 Å². The number of methoxy groups -OCH3 is 1. The summed E-state index contributed by atoms with van der Waals surface area (Å²) in [5.41, 5.74) is -0.112. The van der Waals surface area contributed by atoms with Gasteiger partial charge in [0.1, 0.15) is 12.7 Å². The molecule has 1 aromatic rings. The number of carbonyl (C=O) groups is 1. The van der Waals surface area contributed by atoms with Crippen LogP contribution in [0.4, 0.5) is 5.82 Å². The SMILES string of the molecule is COC(C)C(=O)OC(CNC(C)(C)C)COc1nsnc1N1CCOCC1. The van der Waals surface area contributed by atoms with Gasteiger partial charge < -0.3 is 29.2 Å². The van der Waals surface area contributed by atoms with Gasteiger partial charge in [0, 0.05) is 32.3 Å². The van der Waals surface area contributed by atoms with E-state index in [2.05, 4.69) is 19.0 Å². The summed E-state index contributed by atoms with van der Waals surface area (Å²) in [5, 5.41) is 3.33. The Hall–Kier alpha value is -1.49. The number of ether oxygens (including phenoxy) is 4. The highest BCUT2D eigenvalue weighted by Crippen LogP contribution is 2.26. The molecule has 154 valence electrons. The second-order valence-corrected chi connectivity index (χ2v) is 7.90. The minimum absolute atomic E-state index is 0.112. The van der Waals surface area contributed by atoms with Crippen molar-refractivity contribution in [3.8, 4) is 5.88 Å². The van der Waals surface area contributed by atoms with Gasteiger partial charge in [0.15, 0.2) is 6.10 Å². The molecule has 2 rings (SSSR count). The molecule has 1 aliphatic heterocycles. The second-order valence-electron chi connectivity index (χ2n) is 7.37. The number of anilines is 1. The van der Waals surface area contributed by atoms with E-state index < -0.39 is 18.2 Å². The molecule has 1 N–H and O–H groups in total. The number of nitrogens with zero attached hydrogens (tertiary/aromatic N) is 3. The molecule has 1 saturated heterocycles. The van der Waals surface area contributed by atoms with Crippen LogP contribution in [-0.4, -0.2) is 79.0 Å². The largest absolute Gasteiger partial charge is 0.470 e. The maximum atomic E-state index is 12.1. The minimum Gasteiger partial charge on any atom is -0.470 e. The predicted octanol–water partition coefficient (Wildman–Crippen LogP) is 1.09. The zero-order valence-electron chi connectivity index (χ0n) is 16.7. The molecule has 10 heteroatoms. The van der Waals surface area contributed by atoms with Crippen LogP contribution in [0.15, 0.2) is 0 Å². The van der Waals surface area contributed by atoms with Gasteiger partial charge in [-0.1, -0.05) is 0 Å². The lowest BCUT2D eigenvalue weighted by Crippen LogP contribution is -2.45. The third-order valence-electron chi connectivity index (χ3n) is 3.99. The van der Waals surface area contributed by atoms with Gasteiger partial charge in [-0.05, 0) is 27.7 Å². The molecule has 0 bridgehead atoms. The fourth-order valence-corrected chi connectivity index (χ4v) is 2.84. The van der Waals surface area contributed by atoms with Gasteiger partial charge in [0.2, 0.25) is 5.82 Å². The van der Waals surface area contributed by atoms with Crippen LogP contribution in [0.25, 0.3) is 0 Å². The van der Waals surface area contributed by atoms with Gasteiger partial charge >= 0.3 is 5.97 Å². The first-order valence-electron chi connectivity index (χ1n) is 9.06. The van der Waals surface area contributed by atoms with Crippen molar-refractivity contribution >= 4 is 23.5 Å². The Balaban J connectivity index is 1.98. The normalized spacial score (nSPS) is 17.4. The maximum absolute atomic E-state index is 12.1. The Labute approximate surface area is 164 Å². The van der Waals surface area contributed by atoms with Gasteiger partial charge in [0.25, 0.3) is 5.88 Å². The zero-order chi connectivity index (χ0) is 19.9. The summed E-state index contributed by atoms with van der Waals surface area (Å²) in [4.78, 5) is 14.2. The number of carbonyl (C=O) groups excluding carboxylic acids is 1. The highest BCUT2D eigenvalue weighted by atomic mass is 32.1. The Bertz CT molecular complexity index is 586. The first kappa shape index (κ1) is 21.8. The Kier molecular flexibility index (Phi) is 8.21. The molecule has 27 heavy (non-hydrogen) atoms. The zero-order valence-corrected chi connectivity index (χ0v) is 17.5. The van der Waals surface area contributed by atoms with E-state index in [1.165, 1.54) is 7.11 Å². The molecular weight excluding hydrogens is 372 g/mol. The molecule has 2 heterocycles. The highest BCUT2D eigenvalue weighted by Gasteiger charge is 2.25. The van der Waals surface area contributed by atoms with Gasteiger partial charge in [-0.15, -0.1) is 4.37 Å². The average molecular weight is 403 g/mol. The van der Waals surface area contributed by atoms with Crippen LogP contribution >= 0.6 is 11.7 Å². The number of aromatic nitrogens is 2. The quantitative estimate of drug-likeness (QED) is 0.609. The molecule has 0 amide bonds. The fraction of sp³-hybridized carbons (Fsp3) is 0.824. The maximum Gasteiger partial charge on any atom is 0.335 e. The van der Waals surface area contributed by atoms with Crippen molar-refractivity contribution in [2.45, 2.75) is 45.4 Å². The van der Waals surface area contributed by atoms with Crippen molar-refractivity contribution in [1.82, 2.24) is 14.1 Å². The van der Waals surface area contributed by atoms with Crippen molar-refractivity contribution in [2.75, 3.05) is 51.5 Å². The summed E-state index contributed by atoms with van der Waals surface area (Å²) in [5.74, 6) is 0.743. The predicted molar refractivity (Wildman–Crippen MR) is 103 cm³/mol. The topological polar surface area (TPSA) is 95.0 Å². The molecule has 1 aromatic heterocycles. The van der Waals surface area contributed by atoms with E-state index in [1.807, 2.05) is 20.8 Å². The van der Waals surface area contributed by atoms with E-state index in [4.69, 9.17) is 18.9 Å². The molecule has 1 fully saturated rings. The molecule has 2 atom stereocenters. The number of rotatable bonds is 9. The van der Waals surface area contributed by atoms with Gasteiger partial charge in [-0.2, -0.15) is 4.37 Å². The number of esters is 1. The first-order valence-corrected chi connectivity index (χ1v) is 9.79. The van der Waals surface area contributed by atoms with Gasteiger partial charge in [0.05, 0.1) is 24.9 Å². The molecule has 0 aromatic carbocycles. The van der Waals surface area contributed by atoms with Crippen LogP contribution in [0, 0.1) is 0 Å². The number of nitrogens with one attached hydrogen (secondary N) is 1. The summed E-state index contributed by atoms with van der Waals surface area (Å²) in [6.45, 7) is 11.2. The van der Waals surface area contributed by atoms with Crippen LogP contribution in [-0.2, 0) is 19.0 Å². The Morgan fingerprint density at radius 1 is 1.33 bits per heavy atom.